The predicted molar refractivity (Wildman–Crippen MR) is 58.4 cm³/mol. The number of aromatic nitrogens is 1. The van der Waals surface area contributed by atoms with E-state index in [0.29, 0.717) is 0 Å². The highest BCUT2D eigenvalue weighted by molar-refractivity contribution is 7.81. The Balaban J connectivity index is 2.54. The van der Waals surface area contributed by atoms with E-state index in [1.165, 1.54) is 16.8 Å². The van der Waals surface area contributed by atoms with E-state index < -0.39 is 0 Å². The number of hydrogen-bond donors (Lipinski definition) is 2. The van der Waals surface area contributed by atoms with Crippen molar-refractivity contribution >= 4 is 18.3 Å². The minimum absolute atomic E-state index is 0.0929. The van der Waals surface area contributed by atoms with Crippen LogP contribution in [0.25, 0.3) is 0 Å². The van der Waals surface area contributed by atoms with Gasteiger partial charge >= 0.3 is 0 Å². The average Bonchev–Trinajstić information content (AvgIpc) is 2.48. The van der Waals surface area contributed by atoms with Crippen molar-refractivity contribution in [1.82, 2.24) is 4.98 Å². The largest absolute Gasteiger partial charge is 0.383 e. The van der Waals surface area contributed by atoms with Gasteiger partial charge in [-0.1, -0.05) is 0 Å². The molecule has 0 saturated heterocycles. The SMILES string of the molecule is CC(C)(S)c1cncc2c1CCN2. The Bertz CT molecular complexity index is 328. The molecule has 0 atom stereocenters. The summed E-state index contributed by atoms with van der Waals surface area (Å²) in [5.74, 6) is 0. The lowest BCUT2D eigenvalue weighted by Gasteiger charge is -2.20. The number of fused-ring (bicyclic) bond motifs is 1. The van der Waals surface area contributed by atoms with Crippen LogP contribution in [0.1, 0.15) is 25.0 Å². The zero-order valence-electron chi connectivity index (χ0n) is 7.96. The van der Waals surface area contributed by atoms with E-state index in [1.807, 2.05) is 12.4 Å². The Kier molecular flexibility index (Phi) is 1.99. The van der Waals surface area contributed by atoms with Gasteiger partial charge in [-0.25, -0.2) is 0 Å². The van der Waals surface area contributed by atoms with Crippen molar-refractivity contribution < 1.29 is 0 Å². The number of nitrogens with zero attached hydrogens (tertiary/aromatic N) is 1. The fourth-order valence-corrected chi connectivity index (χ4v) is 1.95. The van der Waals surface area contributed by atoms with Crippen LogP contribution in [0.5, 0.6) is 0 Å². The molecule has 1 aromatic rings. The Hall–Kier alpha value is -0.700. The van der Waals surface area contributed by atoms with Crippen LogP contribution in [0.3, 0.4) is 0 Å². The first kappa shape index (κ1) is 8.88. The van der Waals surface area contributed by atoms with Crippen molar-refractivity contribution in [3.63, 3.8) is 0 Å². The van der Waals surface area contributed by atoms with Gasteiger partial charge in [0.2, 0.25) is 0 Å². The van der Waals surface area contributed by atoms with Crippen LogP contribution < -0.4 is 5.32 Å². The minimum atomic E-state index is -0.0929. The molecule has 1 N–H and O–H groups in total. The zero-order chi connectivity index (χ0) is 9.47. The Morgan fingerprint density at radius 2 is 2.23 bits per heavy atom. The average molecular weight is 194 g/mol. The zero-order valence-corrected chi connectivity index (χ0v) is 8.86. The van der Waals surface area contributed by atoms with Crippen molar-refractivity contribution in [3.05, 3.63) is 23.5 Å². The van der Waals surface area contributed by atoms with E-state index >= 15 is 0 Å². The number of hydrogen-bond acceptors (Lipinski definition) is 3. The molecule has 1 aromatic heterocycles. The first-order valence-corrected chi connectivity index (χ1v) is 4.97. The van der Waals surface area contributed by atoms with Gasteiger partial charge in [-0.3, -0.25) is 4.98 Å². The summed E-state index contributed by atoms with van der Waals surface area (Å²) in [5.41, 5.74) is 3.81. The molecular formula is C10H14N2S. The number of thiol groups is 1. The van der Waals surface area contributed by atoms with E-state index in [0.717, 1.165) is 13.0 Å². The van der Waals surface area contributed by atoms with E-state index in [9.17, 15) is 0 Å². The minimum Gasteiger partial charge on any atom is -0.383 e. The molecule has 13 heavy (non-hydrogen) atoms. The van der Waals surface area contributed by atoms with Gasteiger partial charge in [-0.05, 0) is 31.4 Å². The molecule has 1 aliphatic rings. The summed E-state index contributed by atoms with van der Waals surface area (Å²) < 4.78 is -0.0929. The van der Waals surface area contributed by atoms with Crippen molar-refractivity contribution in [1.29, 1.82) is 0 Å². The molecule has 0 spiro atoms. The fourth-order valence-electron chi connectivity index (χ4n) is 1.76. The Morgan fingerprint density at radius 1 is 1.46 bits per heavy atom. The summed E-state index contributed by atoms with van der Waals surface area (Å²) in [6.45, 7) is 5.23. The maximum Gasteiger partial charge on any atom is 0.0563 e. The molecule has 0 radical (unpaired) electrons. The van der Waals surface area contributed by atoms with Gasteiger partial charge in [-0.15, -0.1) is 0 Å². The summed E-state index contributed by atoms with van der Waals surface area (Å²) in [6, 6.07) is 0. The second kappa shape index (κ2) is 2.91. The van der Waals surface area contributed by atoms with Gasteiger partial charge in [0.25, 0.3) is 0 Å². The van der Waals surface area contributed by atoms with Gasteiger partial charge in [-0.2, -0.15) is 12.6 Å². The first-order valence-electron chi connectivity index (χ1n) is 4.52. The van der Waals surface area contributed by atoms with Crippen molar-refractivity contribution in [2.24, 2.45) is 0 Å². The summed E-state index contributed by atoms with van der Waals surface area (Å²) in [7, 11) is 0. The van der Waals surface area contributed by atoms with E-state index in [2.05, 4.69) is 36.8 Å². The predicted octanol–water partition coefficient (Wildman–Crippen LogP) is 2.21. The van der Waals surface area contributed by atoms with Gasteiger partial charge in [0.15, 0.2) is 0 Å². The second-order valence-corrected chi connectivity index (χ2v) is 5.07. The lowest BCUT2D eigenvalue weighted by atomic mass is 9.97. The molecule has 1 aliphatic heterocycles. The number of pyridine rings is 1. The molecule has 0 amide bonds. The molecule has 0 fully saturated rings. The topological polar surface area (TPSA) is 24.9 Å². The van der Waals surface area contributed by atoms with Crippen LogP contribution in [0.2, 0.25) is 0 Å². The summed E-state index contributed by atoms with van der Waals surface area (Å²) in [6.07, 6.45) is 4.92. The lowest BCUT2D eigenvalue weighted by molar-refractivity contribution is 0.773. The summed E-state index contributed by atoms with van der Waals surface area (Å²) in [4.78, 5) is 4.21. The third kappa shape index (κ3) is 1.53. The molecule has 0 aliphatic carbocycles. The second-order valence-electron chi connectivity index (χ2n) is 3.95. The normalized spacial score (nSPS) is 15.3. The fraction of sp³-hybridized carbons (Fsp3) is 0.500. The monoisotopic (exact) mass is 194 g/mol. The maximum absolute atomic E-state index is 4.58. The smallest absolute Gasteiger partial charge is 0.0563 e. The molecule has 2 heterocycles. The number of rotatable bonds is 1. The highest BCUT2D eigenvalue weighted by Gasteiger charge is 2.23. The first-order chi connectivity index (χ1) is 6.09. The third-order valence-electron chi connectivity index (χ3n) is 2.41. The molecule has 2 rings (SSSR count). The highest BCUT2D eigenvalue weighted by Crippen LogP contribution is 2.34. The van der Waals surface area contributed by atoms with Crippen LogP contribution >= 0.6 is 12.6 Å². The Labute approximate surface area is 84.2 Å². The maximum atomic E-state index is 4.58. The van der Waals surface area contributed by atoms with Gasteiger partial charge in [0.1, 0.15) is 0 Å². The summed E-state index contributed by atoms with van der Waals surface area (Å²) >= 11 is 4.58. The number of anilines is 1. The molecule has 0 unspecified atom stereocenters. The van der Waals surface area contributed by atoms with Crippen molar-refractivity contribution in [2.45, 2.75) is 25.0 Å². The van der Waals surface area contributed by atoms with Crippen molar-refractivity contribution in [2.75, 3.05) is 11.9 Å². The van der Waals surface area contributed by atoms with E-state index in [4.69, 9.17) is 0 Å². The molecule has 0 saturated carbocycles. The summed E-state index contributed by atoms with van der Waals surface area (Å²) in [5, 5.41) is 3.32. The van der Waals surface area contributed by atoms with Crippen molar-refractivity contribution in [3.8, 4) is 0 Å². The van der Waals surface area contributed by atoms with E-state index in [-0.39, 0.29) is 4.75 Å². The number of nitrogens with one attached hydrogen (secondary N) is 1. The quantitative estimate of drug-likeness (QED) is 0.670. The molecule has 2 nitrogen and oxygen atoms in total. The lowest BCUT2D eigenvalue weighted by Crippen LogP contribution is -2.11. The van der Waals surface area contributed by atoms with Crippen LogP contribution in [-0.4, -0.2) is 11.5 Å². The van der Waals surface area contributed by atoms with Crippen LogP contribution in [0.4, 0.5) is 5.69 Å². The van der Waals surface area contributed by atoms with Crippen LogP contribution in [0, 0.1) is 0 Å². The molecule has 70 valence electrons. The molecule has 0 aromatic carbocycles. The highest BCUT2D eigenvalue weighted by atomic mass is 32.1. The third-order valence-corrected chi connectivity index (χ3v) is 2.65. The van der Waals surface area contributed by atoms with Gasteiger partial charge < -0.3 is 5.32 Å². The van der Waals surface area contributed by atoms with Gasteiger partial charge in [0, 0.05) is 17.5 Å². The van der Waals surface area contributed by atoms with Gasteiger partial charge in [0.05, 0.1) is 11.9 Å². The molecular weight excluding hydrogens is 180 g/mol. The molecule has 0 bridgehead atoms. The molecule has 3 heteroatoms. The van der Waals surface area contributed by atoms with E-state index in [1.54, 1.807) is 0 Å². The standard InChI is InChI=1S/C10H14N2S/c1-10(2,13)8-5-11-6-9-7(8)3-4-12-9/h5-6,12-13H,3-4H2,1-2H3. The Morgan fingerprint density at radius 3 is 2.92 bits per heavy atom. The van der Waals surface area contributed by atoms with Crippen LogP contribution in [0.15, 0.2) is 12.4 Å². The van der Waals surface area contributed by atoms with Crippen LogP contribution in [-0.2, 0) is 11.2 Å².